The molecule has 1 atom stereocenters. The third-order valence-electron chi connectivity index (χ3n) is 6.70. The molecule has 3 aromatic rings. The summed E-state index contributed by atoms with van der Waals surface area (Å²) in [6.07, 6.45) is 1.90. The molecule has 0 aliphatic carbocycles. The van der Waals surface area contributed by atoms with Crippen LogP contribution in [0.15, 0.2) is 59.6 Å². The first-order valence-corrected chi connectivity index (χ1v) is 13.1. The zero-order valence-corrected chi connectivity index (χ0v) is 21.9. The number of hydrogen-bond donors (Lipinski definition) is 4. The summed E-state index contributed by atoms with van der Waals surface area (Å²) in [7, 11) is 0. The van der Waals surface area contributed by atoms with E-state index in [2.05, 4.69) is 37.7 Å². The van der Waals surface area contributed by atoms with Crippen LogP contribution in [0.3, 0.4) is 0 Å². The number of carbonyl (C=O) groups is 2. The van der Waals surface area contributed by atoms with E-state index in [0.717, 1.165) is 30.6 Å². The number of piperidine rings is 1. The first-order valence-electron chi connectivity index (χ1n) is 13.1. The number of nitrogens with zero attached hydrogens (tertiary/aromatic N) is 4. The number of carbonyl (C=O) groups excluding carboxylic acids is 2. The third kappa shape index (κ3) is 5.94. The van der Waals surface area contributed by atoms with Crippen LogP contribution in [0, 0.1) is 11.8 Å². The molecule has 200 valence electrons. The molecule has 1 aromatic heterocycles. The number of aromatic nitrogens is 2. The van der Waals surface area contributed by atoms with E-state index < -0.39 is 0 Å². The van der Waals surface area contributed by atoms with Gasteiger partial charge in [0.05, 0.1) is 18.8 Å². The van der Waals surface area contributed by atoms with Gasteiger partial charge in [-0.15, -0.1) is 5.92 Å². The van der Waals surface area contributed by atoms with Crippen LogP contribution in [0.25, 0.3) is 0 Å². The van der Waals surface area contributed by atoms with Gasteiger partial charge in [0.2, 0.25) is 11.9 Å². The minimum absolute atomic E-state index is 0.00984. The van der Waals surface area contributed by atoms with E-state index in [4.69, 9.17) is 10.7 Å². The summed E-state index contributed by atoms with van der Waals surface area (Å²) in [4.78, 5) is 37.5. The fourth-order valence-electron chi connectivity index (χ4n) is 4.84. The lowest BCUT2D eigenvalue weighted by molar-refractivity contribution is -0.114. The van der Waals surface area contributed by atoms with Crippen LogP contribution in [0.4, 0.5) is 23.1 Å². The Balaban J connectivity index is 1.50. The Kier molecular flexibility index (Phi) is 7.89. The normalized spacial score (nSPS) is 16.7. The van der Waals surface area contributed by atoms with Gasteiger partial charge >= 0.3 is 0 Å². The molecular formula is C29H32N8O2. The molecule has 0 saturated carbocycles. The highest BCUT2D eigenvalue weighted by Gasteiger charge is 2.29. The van der Waals surface area contributed by atoms with Crippen molar-refractivity contribution in [2.24, 2.45) is 10.7 Å². The van der Waals surface area contributed by atoms with Crippen molar-refractivity contribution in [2.45, 2.75) is 32.4 Å². The van der Waals surface area contributed by atoms with Crippen LogP contribution in [-0.2, 0) is 11.3 Å². The van der Waals surface area contributed by atoms with Crippen molar-refractivity contribution in [1.82, 2.24) is 14.9 Å². The van der Waals surface area contributed by atoms with Crippen LogP contribution in [0.2, 0.25) is 0 Å². The van der Waals surface area contributed by atoms with Gasteiger partial charge in [-0.3, -0.25) is 19.1 Å². The van der Waals surface area contributed by atoms with Crippen LogP contribution in [0.1, 0.15) is 35.8 Å². The van der Waals surface area contributed by atoms with Gasteiger partial charge in [-0.2, -0.15) is 4.98 Å². The van der Waals surface area contributed by atoms with Gasteiger partial charge in [-0.05, 0) is 38.0 Å². The summed E-state index contributed by atoms with van der Waals surface area (Å²) in [6, 6.07) is 17.1. The second kappa shape index (κ2) is 11.8. The van der Waals surface area contributed by atoms with E-state index in [1.54, 1.807) is 6.92 Å². The van der Waals surface area contributed by atoms with E-state index in [9.17, 15) is 9.59 Å². The lowest BCUT2D eigenvalue weighted by Gasteiger charge is -2.31. The molecule has 1 unspecified atom stereocenters. The largest absolute Gasteiger partial charge is 0.345 e. The first-order chi connectivity index (χ1) is 19.0. The second-order valence-corrected chi connectivity index (χ2v) is 9.50. The summed E-state index contributed by atoms with van der Waals surface area (Å²) in [5.74, 6) is 6.60. The minimum atomic E-state index is -0.324. The van der Waals surface area contributed by atoms with Crippen molar-refractivity contribution in [3.8, 4) is 11.8 Å². The number of nitrogens with one attached hydrogen (secondary N) is 3. The Morgan fingerprint density at radius 3 is 2.77 bits per heavy atom. The van der Waals surface area contributed by atoms with Crippen LogP contribution in [0.5, 0.6) is 0 Å². The standard InChI is InChI=1S/C29H32N8O2/c1-2-3-16-37-26(28(39)32-17-24-22-13-7-8-14-23(22)34-25(38)18-31-24)27(33-21-11-5-4-6-12-21)35-29(37)36-15-9-10-20(30)19-36/h4-8,11-14,20,33H,9-10,15-19,30H2,1H3,(H,32,39)(H,34,38). The maximum atomic E-state index is 13.9. The number of amides is 2. The molecule has 0 spiro atoms. The number of aliphatic imine (C=N–C) groups is 1. The molecule has 0 bridgehead atoms. The Hall–Kier alpha value is -4.62. The highest BCUT2D eigenvalue weighted by molar-refractivity contribution is 6.13. The van der Waals surface area contributed by atoms with Crippen LogP contribution in [-0.4, -0.2) is 59.3 Å². The van der Waals surface area contributed by atoms with Crippen molar-refractivity contribution < 1.29 is 9.59 Å². The Morgan fingerprint density at radius 2 is 1.97 bits per heavy atom. The van der Waals surface area contributed by atoms with Crippen molar-refractivity contribution in [2.75, 3.05) is 41.7 Å². The molecule has 2 amide bonds. The molecule has 1 saturated heterocycles. The van der Waals surface area contributed by atoms with Crippen molar-refractivity contribution in [3.05, 3.63) is 65.9 Å². The Bertz CT molecular complexity index is 1450. The number of hydrogen-bond acceptors (Lipinski definition) is 7. The average Bonchev–Trinajstić information content (AvgIpc) is 3.21. The fourth-order valence-corrected chi connectivity index (χ4v) is 4.84. The lowest BCUT2D eigenvalue weighted by atomic mass is 10.1. The zero-order valence-electron chi connectivity index (χ0n) is 21.9. The van der Waals surface area contributed by atoms with Crippen molar-refractivity contribution >= 4 is 40.7 Å². The minimum Gasteiger partial charge on any atom is -0.345 e. The molecule has 10 nitrogen and oxygen atoms in total. The molecule has 5 N–H and O–H groups in total. The van der Waals surface area contributed by atoms with Crippen LogP contribution < -0.4 is 26.6 Å². The van der Waals surface area contributed by atoms with E-state index in [-0.39, 0.29) is 30.9 Å². The Labute approximate surface area is 227 Å². The molecule has 2 aromatic carbocycles. The molecule has 2 aliphatic rings. The summed E-state index contributed by atoms with van der Waals surface area (Å²) < 4.78 is 1.85. The highest BCUT2D eigenvalue weighted by Crippen LogP contribution is 2.29. The summed E-state index contributed by atoms with van der Waals surface area (Å²) >= 11 is 0. The smallest absolute Gasteiger partial charge is 0.272 e. The fraction of sp³-hybridized carbons (Fsp3) is 0.310. The van der Waals surface area contributed by atoms with Gasteiger partial charge in [-0.1, -0.05) is 42.3 Å². The van der Waals surface area contributed by atoms with Crippen molar-refractivity contribution in [3.63, 3.8) is 0 Å². The van der Waals surface area contributed by atoms with Gasteiger partial charge in [0.1, 0.15) is 6.54 Å². The van der Waals surface area contributed by atoms with Crippen molar-refractivity contribution in [1.29, 1.82) is 0 Å². The molecule has 10 heteroatoms. The Morgan fingerprint density at radius 1 is 1.18 bits per heavy atom. The van der Waals surface area contributed by atoms with E-state index in [0.29, 0.717) is 41.9 Å². The quantitative estimate of drug-likeness (QED) is 0.352. The van der Waals surface area contributed by atoms with Gasteiger partial charge in [0, 0.05) is 36.1 Å². The number of rotatable bonds is 7. The number of nitrogens with two attached hydrogens (primary N) is 1. The first kappa shape index (κ1) is 26.0. The molecule has 2 aliphatic heterocycles. The van der Waals surface area contributed by atoms with Gasteiger partial charge in [0.25, 0.3) is 5.91 Å². The number of anilines is 4. The van der Waals surface area contributed by atoms with E-state index >= 15 is 0 Å². The molecule has 5 rings (SSSR count). The number of fused-ring (bicyclic) bond motifs is 1. The predicted octanol–water partition coefficient (Wildman–Crippen LogP) is 2.75. The predicted molar refractivity (Wildman–Crippen MR) is 154 cm³/mol. The summed E-state index contributed by atoms with van der Waals surface area (Å²) in [5.41, 5.74) is 9.54. The van der Waals surface area contributed by atoms with E-state index in [1.807, 2.05) is 59.2 Å². The van der Waals surface area contributed by atoms with Gasteiger partial charge in [-0.25, -0.2) is 0 Å². The maximum Gasteiger partial charge on any atom is 0.272 e. The average molecular weight is 525 g/mol. The lowest BCUT2D eigenvalue weighted by Crippen LogP contribution is -2.44. The molecular weight excluding hydrogens is 492 g/mol. The maximum absolute atomic E-state index is 13.9. The van der Waals surface area contributed by atoms with Gasteiger partial charge in [0.15, 0.2) is 11.5 Å². The van der Waals surface area contributed by atoms with Gasteiger partial charge < -0.3 is 26.6 Å². The molecule has 3 heterocycles. The molecule has 39 heavy (non-hydrogen) atoms. The SMILES string of the molecule is CC#CCn1c(N2CCCC(N)C2)nc(Nc2ccccc2)c1C(=O)NCC1=NCC(=O)Nc2ccccc21. The second-order valence-electron chi connectivity index (χ2n) is 9.50. The number of benzene rings is 2. The molecule has 1 fully saturated rings. The monoisotopic (exact) mass is 524 g/mol. The van der Waals surface area contributed by atoms with Crippen LogP contribution >= 0.6 is 0 Å². The summed E-state index contributed by atoms with van der Waals surface area (Å²) in [5, 5.41) is 9.21. The molecule has 0 radical (unpaired) electrons. The topological polar surface area (TPSA) is 130 Å². The highest BCUT2D eigenvalue weighted by atomic mass is 16.2. The number of para-hydroxylation sites is 2. The summed E-state index contributed by atoms with van der Waals surface area (Å²) in [6.45, 7) is 3.65. The number of imidazole rings is 1. The third-order valence-corrected chi connectivity index (χ3v) is 6.70. The number of benzodiazepines with no additional fused rings is 1. The van der Waals surface area contributed by atoms with E-state index in [1.165, 1.54) is 0 Å². The zero-order chi connectivity index (χ0) is 27.2.